The van der Waals surface area contributed by atoms with Crippen molar-refractivity contribution in [2.24, 2.45) is 5.92 Å². The third-order valence-corrected chi connectivity index (χ3v) is 4.99. The van der Waals surface area contributed by atoms with Crippen LogP contribution >= 0.6 is 0 Å². The zero-order valence-electron chi connectivity index (χ0n) is 13.3. The number of aromatic amines is 1. The van der Waals surface area contributed by atoms with Crippen LogP contribution in [0.4, 0.5) is 0 Å². The van der Waals surface area contributed by atoms with Gasteiger partial charge in [-0.1, -0.05) is 12.1 Å². The molecule has 1 amide bonds. The quantitative estimate of drug-likeness (QED) is 0.933. The molecule has 122 valence electrons. The Hall–Kier alpha value is -2.18. The largest absolute Gasteiger partial charge is 0.339 e. The maximum absolute atomic E-state index is 13.0. The van der Waals surface area contributed by atoms with E-state index in [0.29, 0.717) is 11.7 Å². The molecule has 23 heavy (non-hydrogen) atoms. The maximum atomic E-state index is 13.0. The Labute approximate surface area is 134 Å². The molecule has 0 radical (unpaired) electrons. The first-order chi connectivity index (χ1) is 11.3. The van der Waals surface area contributed by atoms with Crippen LogP contribution in [-0.2, 0) is 24.1 Å². The van der Waals surface area contributed by atoms with Crippen LogP contribution in [0.15, 0.2) is 10.7 Å². The zero-order chi connectivity index (χ0) is 15.8. The number of nitrogens with one attached hydrogen (secondary N) is 1. The third-order valence-electron chi connectivity index (χ3n) is 4.99. The van der Waals surface area contributed by atoms with Crippen molar-refractivity contribution < 1.29 is 9.32 Å². The van der Waals surface area contributed by atoms with E-state index in [9.17, 15) is 4.79 Å². The van der Waals surface area contributed by atoms with E-state index in [0.717, 1.165) is 45.1 Å². The highest BCUT2D eigenvalue weighted by Crippen LogP contribution is 2.34. The summed E-state index contributed by atoms with van der Waals surface area (Å²) in [4.78, 5) is 19.4. The van der Waals surface area contributed by atoms with E-state index < -0.39 is 0 Å². The van der Waals surface area contributed by atoms with Gasteiger partial charge in [0.2, 0.25) is 11.8 Å². The summed E-state index contributed by atoms with van der Waals surface area (Å²) in [5.74, 6) is 1.56. The van der Waals surface area contributed by atoms with Gasteiger partial charge >= 0.3 is 0 Å². The number of hydrogen-bond acceptors (Lipinski definition) is 5. The van der Waals surface area contributed by atoms with Crippen molar-refractivity contribution in [3.05, 3.63) is 29.2 Å². The van der Waals surface area contributed by atoms with E-state index in [1.807, 2.05) is 18.0 Å². The van der Waals surface area contributed by atoms with Crippen LogP contribution in [0.25, 0.3) is 0 Å². The zero-order valence-corrected chi connectivity index (χ0v) is 13.3. The van der Waals surface area contributed by atoms with Crippen molar-refractivity contribution in [3.8, 4) is 0 Å². The molecule has 0 saturated carbocycles. The van der Waals surface area contributed by atoms with Crippen LogP contribution in [0.3, 0.4) is 0 Å². The van der Waals surface area contributed by atoms with Crippen LogP contribution in [-0.4, -0.2) is 37.7 Å². The minimum absolute atomic E-state index is 0.0303. The van der Waals surface area contributed by atoms with Crippen molar-refractivity contribution in [2.75, 3.05) is 6.54 Å². The molecular formula is C16H21N5O2. The molecule has 1 aliphatic heterocycles. The number of H-pyrrole nitrogens is 1. The lowest BCUT2D eigenvalue weighted by Gasteiger charge is -2.29. The van der Waals surface area contributed by atoms with Crippen LogP contribution in [0, 0.1) is 5.92 Å². The SMILES string of the molecule is CCc1nc(C2CCCN2C(=O)C2CCc3[nH]ncc3C2)no1. The van der Waals surface area contributed by atoms with Gasteiger partial charge in [-0.25, -0.2) is 0 Å². The van der Waals surface area contributed by atoms with Crippen LogP contribution in [0.5, 0.6) is 0 Å². The molecular weight excluding hydrogens is 294 g/mol. The van der Waals surface area contributed by atoms with Crippen LogP contribution in [0.1, 0.15) is 55.2 Å². The summed E-state index contributed by atoms with van der Waals surface area (Å²) in [6.45, 7) is 2.77. The van der Waals surface area contributed by atoms with E-state index in [4.69, 9.17) is 4.52 Å². The molecule has 2 aliphatic rings. The fourth-order valence-electron chi connectivity index (χ4n) is 3.71. The monoisotopic (exact) mass is 315 g/mol. The molecule has 2 aromatic rings. The molecule has 1 fully saturated rings. The van der Waals surface area contributed by atoms with Gasteiger partial charge in [-0.2, -0.15) is 10.1 Å². The molecule has 0 aromatic carbocycles. The maximum Gasteiger partial charge on any atom is 0.226 e. The van der Waals surface area contributed by atoms with Crippen molar-refractivity contribution >= 4 is 5.91 Å². The van der Waals surface area contributed by atoms with Crippen LogP contribution < -0.4 is 0 Å². The van der Waals surface area contributed by atoms with E-state index in [1.54, 1.807) is 0 Å². The number of carbonyl (C=O) groups excluding carboxylic acids is 1. The number of rotatable bonds is 3. The number of aryl methyl sites for hydroxylation is 2. The van der Waals surface area contributed by atoms with Crippen LogP contribution in [0.2, 0.25) is 0 Å². The highest BCUT2D eigenvalue weighted by atomic mass is 16.5. The average molecular weight is 315 g/mol. The number of fused-ring (bicyclic) bond motifs is 1. The summed E-state index contributed by atoms with van der Waals surface area (Å²) in [6, 6.07) is -0.0303. The second-order valence-corrected chi connectivity index (χ2v) is 6.40. The van der Waals surface area contributed by atoms with E-state index in [2.05, 4.69) is 20.3 Å². The summed E-state index contributed by atoms with van der Waals surface area (Å²) in [7, 11) is 0. The molecule has 7 nitrogen and oxygen atoms in total. The van der Waals surface area contributed by atoms with Crippen molar-refractivity contribution in [3.63, 3.8) is 0 Å². The fraction of sp³-hybridized carbons (Fsp3) is 0.625. The molecule has 2 atom stereocenters. The van der Waals surface area contributed by atoms with E-state index in [1.165, 1.54) is 11.3 Å². The van der Waals surface area contributed by atoms with E-state index >= 15 is 0 Å². The Bertz CT molecular complexity index is 707. The van der Waals surface area contributed by atoms with Crippen molar-refractivity contribution in [1.82, 2.24) is 25.2 Å². The molecule has 2 aromatic heterocycles. The minimum Gasteiger partial charge on any atom is -0.339 e. The highest BCUT2D eigenvalue weighted by Gasteiger charge is 2.37. The first-order valence-corrected chi connectivity index (χ1v) is 8.40. The lowest BCUT2D eigenvalue weighted by Crippen LogP contribution is -2.38. The lowest BCUT2D eigenvalue weighted by molar-refractivity contribution is -0.137. The number of carbonyl (C=O) groups is 1. The van der Waals surface area contributed by atoms with Gasteiger partial charge in [-0.3, -0.25) is 9.89 Å². The number of amides is 1. The van der Waals surface area contributed by atoms with Crippen molar-refractivity contribution in [2.45, 2.75) is 51.5 Å². The molecule has 1 saturated heterocycles. The molecule has 0 spiro atoms. The molecule has 7 heteroatoms. The third kappa shape index (κ3) is 2.54. The number of nitrogens with zero attached hydrogens (tertiary/aromatic N) is 4. The summed E-state index contributed by atoms with van der Waals surface area (Å²) in [5.41, 5.74) is 2.36. The molecule has 3 heterocycles. The van der Waals surface area contributed by atoms with Gasteiger partial charge in [-0.15, -0.1) is 0 Å². The molecule has 0 bridgehead atoms. The van der Waals surface area contributed by atoms with Gasteiger partial charge in [0.1, 0.15) is 0 Å². The highest BCUT2D eigenvalue weighted by molar-refractivity contribution is 5.80. The Kier molecular flexibility index (Phi) is 3.63. The number of hydrogen-bond donors (Lipinski definition) is 1. The Balaban J connectivity index is 1.51. The first-order valence-electron chi connectivity index (χ1n) is 8.40. The first kappa shape index (κ1) is 14.4. The van der Waals surface area contributed by atoms with Crippen molar-refractivity contribution in [1.29, 1.82) is 0 Å². The molecule has 4 rings (SSSR count). The summed E-state index contributed by atoms with van der Waals surface area (Å²) < 4.78 is 5.22. The van der Waals surface area contributed by atoms with Gasteiger partial charge in [0, 0.05) is 24.6 Å². The normalized spacial score (nSPS) is 24.0. The van der Waals surface area contributed by atoms with Gasteiger partial charge in [0.05, 0.1) is 12.2 Å². The molecule has 1 aliphatic carbocycles. The summed E-state index contributed by atoms with van der Waals surface area (Å²) in [5, 5.41) is 11.2. The second-order valence-electron chi connectivity index (χ2n) is 6.40. The molecule has 1 N–H and O–H groups in total. The minimum atomic E-state index is -0.0303. The summed E-state index contributed by atoms with van der Waals surface area (Å²) in [6.07, 6.45) is 7.03. The number of aromatic nitrogens is 4. The van der Waals surface area contributed by atoms with Gasteiger partial charge in [0.15, 0.2) is 5.82 Å². The molecule has 2 unspecified atom stereocenters. The standard InChI is InChI=1S/C16H21N5O2/c1-2-14-18-15(20-23-14)13-4-3-7-21(13)16(22)10-5-6-12-11(8-10)9-17-19-12/h9-10,13H,2-8H2,1H3,(H,17,19). The smallest absolute Gasteiger partial charge is 0.226 e. The van der Waals surface area contributed by atoms with Gasteiger partial charge in [-0.05, 0) is 37.7 Å². The van der Waals surface area contributed by atoms with Gasteiger partial charge < -0.3 is 9.42 Å². The predicted octanol–water partition coefficient (Wildman–Crippen LogP) is 1.82. The van der Waals surface area contributed by atoms with Gasteiger partial charge in [0.25, 0.3) is 0 Å². The predicted molar refractivity (Wildman–Crippen MR) is 81.5 cm³/mol. The Morgan fingerprint density at radius 3 is 3.22 bits per heavy atom. The number of likely N-dealkylation sites (tertiary alicyclic amines) is 1. The fourth-order valence-corrected chi connectivity index (χ4v) is 3.71. The average Bonchev–Trinajstić information content (AvgIpc) is 3.31. The topological polar surface area (TPSA) is 87.9 Å². The second kappa shape index (κ2) is 5.79. The Morgan fingerprint density at radius 1 is 1.48 bits per heavy atom. The lowest BCUT2D eigenvalue weighted by atomic mass is 9.86. The summed E-state index contributed by atoms with van der Waals surface area (Å²) >= 11 is 0. The van der Waals surface area contributed by atoms with E-state index in [-0.39, 0.29) is 17.9 Å². The Morgan fingerprint density at radius 2 is 2.39 bits per heavy atom.